The van der Waals surface area contributed by atoms with Crippen LogP contribution in [0.25, 0.3) is 10.9 Å². The topological polar surface area (TPSA) is 108 Å². The molecule has 0 saturated heterocycles. The molecule has 3 aromatic rings. The zero-order chi connectivity index (χ0) is 21.9. The SMILES string of the molecule is O=C(O)CNC(=O)c1c[nH]c2ccc(Cc3ccc(OC(F)(F)F)cc3)cc2c1=O. The highest BCUT2D eigenvalue weighted by atomic mass is 19.4. The second-order valence-corrected chi connectivity index (χ2v) is 6.36. The summed E-state index contributed by atoms with van der Waals surface area (Å²) in [4.78, 5) is 38.1. The number of aromatic nitrogens is 1. The third-order valence-corrected chi connectivity index (χ3v) is 4.16. The first kappa shape index (κ1) is 20.9. The van der Waals surface area contributed by atoms with Gasteiger partial charge in [0.05, 0.1) is 0 Å². The number of nitrogens with one attached hydrogen (secondary N) is 2. The number of carboxylic acids is 1. The quantitative estimate of drug-likeness (QED) is 0.568. The van der Waals surface area contributed by atoms with Crippen LogP contribution in [0.1, 0.15) is 21.5 Å². The van der Waals surface area contributed by atoms with Crippen LogP contribution in [0.15, 0.2) is 53.5 Å². The number of pyridine rings is 1. The lowest BCUT2D eigenvalue weighted by Crippen LogP contribution is -2.32. The number of rotatable bonds is 6. The minimum atomic E-state index is -4.77. The molecule has 0 unspecified atom stereocenters. The van der Waals surface area contributed by atoms with Crippen LogP contribution in [0.4, 0.5) is 13.2 Å². The molecule has 10 heteroatoms. The van der Waals surface area contributed by atoms with Crippen molar-refractivity contribution in [2.45, 2.75) is 12.8 Å². The van der Waals surface area contributed by atoms with Gasteiger partial charge in [-0.25, -0.2) is 0 Å². The molecule has 3 rings (SSSR count). The lowest BCUT2D eigenvalue weighted by atomic mass is 10.0. The molecule has 1 amide bonds. The molecule has 3 N–H and O–H groups in total. The number of carbonyl (C=O) groups is 2. The van der Waals surface area contributed by atoms with Crippen LogP contribution in [0, 0.1) is 0 Å². The molecule has 1 aromatic heterocycles. The van der Waals surface area contributed by atoms with E-state index in [0.717, 1.165) is 0 Å². The number of benzene rings is 2. The Morgan fingerprint density at radius 2 is 1.73 bits per heavy atom. The fourth-order valence-electron chi connectivity index (χ4n) is 2.84. The Hall–Kier alpha value is -3.82. The van der Waals surface area contributed by atoms with Crippen molar-refractivity contribution in [1.82, 2.24) is 10.3 Å². The van der Waals surface area contributed by atoms with Gasteiger partial charge in [-0.05, 0) is 41.8 Å². The molecule has 0 atom stereocenters. The average molecular weight is 420 g/mol. The maximum Gasteiger partial charge on any atom is 0.573 e. The zero-order valence-corrected chi connectivity index (χ0v) is 15.2. The number of carboxylic acid groups (broad SMARTS) is 1. The normalized spacial score (nSPS) is 11.3. The average Bonchev–Trinajstić information content (AvgIpc) is 2.67. The van der Waals surface area contributed by atoms with Gasteiger partial charge in [0.2, 0.25) is 5.43 Å². The third-order valence-electron chi connectivity index (χ3n) is 4.16. The van der Waals surface area contributed by atoms with Gasteiger partial charge in [0.1, 0.15) is 17.9 Å². The summed E-state index contributed by atoms with van der Waals surface area (Å²) in [5.41, 5.74) is 1.07. The summed E-state index contributed by atoms with van der Waals surface area (Å²) < 4.78 is 40.6. The van der Waals surface area contributed by atoms with Gasteiger partial charge in [0.25, 0.3) is 5.91 Å². The highest BCUT2D eigenvalue weighted by Gasteiger charge is 2.30. The van der Waals surface area contributed by atoms with Gasteiger partial charge in [-0.2, -0.15) is 0 Å². The molecule has 7 nitrogen and oxygen atoms in total. The molecular formula is C20H15F3N2O5. The minimum Gasteiger partial charge on any atom is -0.480 e. The molecule has 0 bridgehead atoms. The second kappa shape index (κ2) is 8.27. The van der Waals surface area contributed by atoms with Gasteiger partial charge in [-0.3, -0.25) is 14.4 Å². The molecule has 0 aliphatic carbocycles. The van der Waals surface area contributed by atoms with Crippen LogP contribution in [0.5, 0.6) is 5.75 Å². The lowest BCUT2D eigenvalue weighted by Gasteiger charge is -2.10. The number of hydrogen-bond donors (Lipinski definition) is 3. The number of halogens is 3. The van der Waals surface area contributed by atoms with Gasteiger partial charge in [-0.15, -0.1) is 13.2 Å². The van der Waals surface area contributed by atoms with E-state index < -0.39 is 30.2 Å². The number of hydrogen-bond acceptors (Lipinski definition) is 4. The number of aliphatic carboxylic acids is 1. The molecule has 30 heavy (non-hydrogen) atoms. The number of aromatic amines is 1. The summed E-state index contributed by atoms with van der Waals surface area (Å²) in [6.45, 7) is -0.621. The molecule has 0 saturated carbocycles. The molecule has 2 aromatic carbocycles. The van der Waals surface area contributed by atoms with Crippen LogP contribution < -0.4 is 15.5 Å². The van der Waals surface area contributed by atoms with Crippen molar-refractivity contribution in [2.75, 3.05) is 6.54 Å². The van der Waals surface area contributed by atoms with Crippen LogP contribution in [-0.4, -0.2) is 34.9 Å². The smallest absolute Gasteiger partial charge is 0.480 e. The van der Waals surface area contributed by atoms with Crippen LogP contribution >= 0.6 is 0 Å². The maximum absolute atomic E-state index is 12.6. The number of ether oxygens (including phenoxy) is 1. The predicted molar refractivity (Wildman–Crippen MR) is 100 cm³/mol. The van der Waals surface area contributed by atoms with Crippen LogP contribution in [0.3, 0.4) is 0 Å². The van der Waals surface area contributed by atoms with Gasteiger partial charge in [0.15, 0.2) is 0 Å². The van der Waals surface area contributed by atoms with Crippen LogP contribution in [-0.2, 0) is 11.2 Å². The lowest BCUT2D eigenvalue weighted by molar-refractivity contribution is -0.274. The first-order valence-electron chi connectivity index (χ1n) is 8.61. The van der Waals surface area contributed by atoms with Crippen molar-refractivity contribution in [2.24, 2.45) is 0 Å². The summed E-state index contributed by atoms with van der Waals surface area (Å²) in [5.74, 6) is -2.39. The van der Waals surface area contributed by atoms with Gasteiger partial charge in [-0.1, -0.05) is 18.2 Å². The molecule has 0 radical (unpaired) electrons. The van der Waals surface area contributed by atoms with E-state index in [-0.39, 0.29) is 16.7 Å². The Labute approximate surface area is 167 Å². The third kappa shape index (κ3) is 5.16. The highest BCUT2D eigenvalue weighted by Crippen LogP contribution is 2.23. The van der Waals surface area contributed by atoms with Crippen molar-refractivity contribution in [3.8, 4) is 5.75 Å². The van der Waals surface area contributed by atoms with E-state index in [1.54, 1.807) is 18.2 Å². The first-order valence-corrected chi connectivity index (χ1v) is 8.61. The highest BCUT2D eigenvalue weighted by molar-refractivity contribution is 5.98. The van der Waals surface area contributed by atoms with E-state index in [9.17, 15) is 27.6 Å². The van der Waals surface area contributed by atoms with Crippen molar-refractivity contribution >= 4 is 22.8 Å². The van der Waals surface area contributed by atoms with Crippen LogP contribution in [0.2, 0.25) is 0 Å². The van der Waals surface area contributed by atoms with Crippen molar-refractivity contribution < 1.29 is 32.6 Å². The monoisotopic (exact) mass is 420 g/mol. The van der Waals surface area contributed by atoms with Crippen molar-refractivity contribution in [1.29, 1.82) is 0 Å². The predicted octanol–water partition coefficient (Wildman–Crippen LogP) is 2.83. The summed E-state index contributed by atoms with van der Waals surface area (Å²) >= 11 is 0. The summed E-state index contributed by atoms with van der Waals surface area (Å²) in [6.07, 6.45) is -3.23. The number of alkyl halides is 3. The van der Waals surface area contributed by atoms with E-state index in [1.165, 1.54) is 30.5 Å². The molecule has 0 spiro atoms. The standard InChI is InChI=1S/C20H15F3N2O5/c21-20(22,23)30-13-4-1-11(2-5-13)7-12-3-6-16-14(8-12)18(28)15(9-24-16)19(29)25-10-17(26)27/h1-6,8-9H,7,10H2,(H,24,28)(H,25,29)(H,26,27). The number of carbonyl (C=O) groups excluding carboxylic acids is 1. The Morgan fingerprint density at radius 1 is 1.07 bits per heavy atom. The summed E-state index contributed by atoms with van der Waals surface area (Å²) in [6, 6.07) is 10.3. The Morgan fingerprint density at radius 3 is 2.37 bits per heavy atom. The first-order chi connectivity index (χ1) is 14.1. The number of amides is 1. The molecule has 0 aliphatic rings. The Bertz CT molecular complexity index is 1150. The van der Waals surface area contributed by atoms with Crippen molar-refractivity contribution in [3.05, 3.63) is 75.6 Å². The molecule has 0 fully saturated rings. The largest absolute Gasteiger partial charge is 0.573 e. The summed E-state index contributed by atoms with van der Waals surface area (Å²) in [5, 5.41) is 11.0. The van der Waals surface area contributed by atoms with E-state index in [4.69, 9.17) is 5.11 Å². The van der Waals surface area contributed by atoms with E-state index >= 15 is 0 Å². The minimum absolute atomic E-state index is 0.227. The fraction of sp³-hybridized carbons (Fsp3) is 0.150. The van der Waals surface area contributed by atoms with E-state index in [0.29, 0.717) is 23.1 Å². The van der Waals surface area contributed by atoms with E-state index in [2.05, 4.69) is 15.0 Å². The number of H-pyrrole nitrogens is 1. The Kier molecular flexibility index (Phi) is 5.77. The second-order valence-electron chi connectivity index (χ2n) is 6.36. The maximum atomic E-state index is 12.6. The molecule has 1 heterocycles. The molecule has 0 aliphatic heterocycles. The molecule has 156 valence electrons. The van der Waals surface area contributed by atoms with Gasteiger partial charge >= 0.3 is 12.3 Å². The van der Waals surface area contributed by atoms with Gasteiger partial charge in [0, 0.05) is 17.1 Å². The summed E-state index contributed by atoms with van der Waals surface area (Å²) in [7, 11) is 0. The Balaban J connectivity index is 1.84. The van der Waals surface area contributed by atoms with E-state index in [1.807, 2.05) is 0 Å². The zero-order valence-electron chi connectivity index (χ0n) is 15.2. The van der Waals surface area contributed by atoms with Crippen molar-refractivity contribution in [3.63, 3.8) is 0 Å². The number of fused-ring (bicyclic) bond motifs is 1. The van der Waals surface area contributed by atoms with Gasteiger partial charge < -0.3 is 20.1 Å². The molecular weight excluding hydrogens is 405 g/mol. The fourth-order valence-corrected chi connectivity index (χ4v) is 2.84.